The molecule has 0 saturated heterocycles. The van der Waals surface area contributed by atoms with Crippen LogP contribution in [0.5, 0.6) is 11.6 Å². The Morgan fingerprint density at radius 3 is 2.52 bits per heavy atom. The van der Waals surface area contributed by atoms with Crippen LogP contribution in [-0.4, -0.2) is 9.97 Å². The summed E-state index contributed by atoms with van der Waals surface area (Å²) >= 11 is 0. The van der Waals surface area contributed by atoms with Crippen molar-refractivity contribution in [3.63, 3.8) is 0 Å². The molecule has 0 aliphatic heterocycles. The Morgan fingerprint density at radius 1 is 0.952 bits per heavy atom. The molecule has 0 fully saturated rings. The minimum atomic E-state index is 0.389. The van der Waals surface area contributed by atoms with Crippen LogP contribution < -0.4 is 10.5 Å². The SMILES string of the molecule is Cc1ccc(CN)c(Oc2cccc3ccc(C)nc23)n1. The smallest absolute Gasteiger partial charge is 0.224 e. The number of ether oxygens (including phenoxy) is 1. The maximum absolute atomic E-state index is 6.00. The van der Waals surface area contributed by atoms with Crippen molar-refractivity contribution in [3.05, 3.63) is 59.4 Å². The van der Waals surface area contributed by atoms with E-state index in [1.165, 1.54) is 0 Å². The summed E-state index contributed by atoms with van der Waals surface area (Å²) in [5.74, 6) is 1.25. The largest absolute Gasteiger partial charge is 0.436 e. The van der Waals surface area contributed by atoms with Gasteiger partial charge in [-0.2, -0.15) is 0 Å². The summed E-state index contributed by atoms with van der Waals surface area (Å²) in [5.41, 5.74) is 9.32. The number of hydrogen-bond donors (Lipinski definition) is 1. The Labute approximate surface area is 123 Å². The van der Waals surface area contributed by atoms with E-state index in [0.717, 1.165) is 27.9 Å². The Bertz CT molecular complexity index is 799. The first-order valence-electron chi connectivity index (χ1n) is 6.88. The van der Waals surface area contributed by atoms with Crippen LogP contribution >= 0.6 is 0 Å². The van der Waals surface area contributed by atoms with Gasteiger partial charge in [-0.25, -0.2) is 9.97 Å². The lowest BCUT2D eigenvalue weighted by Gasteiger charge is -2.11. The second-order valence-corrected chi connectivity index (χ2v) is 5.00. The van der Waals surface area contributed by atoms with E-state index < -0.39 is 0 Å². The van der Waals surface area contributed by atoms with Gasteiger partial charge in [0.05, 0.1) is 0 Å². The second-order valence-electron chi connectivity index (χ2n) is 5.00. The van der Waals surface area contributed by atoms with E-state index in [0.29, 0.717) is 18.2 Å². The molecule has 0 unspecified atom stereocenters. The average Bonchev–Trinajstić information content (AvgIpc) is 2.48. The van der Waals surface area contributed by atoms with E-state index >= 15 is 0 Å². The van der Waals surface area contributed by atoms with Crippen LogP contribution in [0.3, 0.4) is 0 Å². The first-order chi connectivity index (χ1) is 10.2. The highest BCUT2D eigenvalue weighted by atomic mass is 16.5. The topological polar surface area (TPSA) is 61.0 Å². The first kappa shape index (κ1) is 13.5. The van der Waals surface area contributed by atoms with Crippen molar-refractivity contribution in [1.29, 1.82) is 0 Å². The van der Waals surface area contributed by atoms with E-state index in [1.807, 2.05) is 56.3 Å². The number of nitrogens with zero attached hydrogens (tertiary/aromatic N) is 2. The van der Waals surface area contributed by atoms with Gasteiger partial charge in [-0.05, 0) is 32.0 Å². The van der Waals surface area contributed by atoms with Crippen LogP contribution in [0.1, 0.15) is 17.0 Å². The fourth-order valence-electron chi connectivity index (χ4n) is 2.21. The molecule has 0 aliphatic carbocycles. The summed E-state index contributed by atoms with van der Waals surface area (Å²) in [6.07, 6.45) is 0. The fourth-order valence-corrected chi connectivity index (χ4v) is 2.21. The molecule has 0 radical (unpaired) electrons. The zero-order chi connectivity index (χ0) is 14.8. The summed E-state index contributed by atoms with van der Waals surface area (Å²) in [6, 6.07) is 13.8. The van der Waals surface area contributed by atoms with E-state index in [4.69, 9.17) is 10.5 Å². The van der Waals surface area contributed by atoms with Gasteiger partial charge in [0.1, 0.15) is 5.52 Å². The number of nitrogens with two attached hydrogens (primary N) is 1. The number of rotatable bonds is 3. The van der Waals surface area contributed by atoms with Crippen molar-refractivity contribution >= 4 is 10.9 Å². The molecule has 4 nitrogen and oxygen atoms in total. The predicted molar refractivity (Wildman–Crippen MR) is 83.4 cm³/mol. The third kappa shape index (κ3) is 2.71. The van der Waals surface area contributed by atoms with Crippen molar-refractivity contribution in [2.24, 2.45) is 5.73 Å². The molecule has 3 aromatic rings. The van der Waals surface area contributed by atoms with Crippen molar-refractivity contribution in [3.8, 4) is 11.6 Å². The molecule has 21 heavy (non-hydrogen) atoms. The summed E-state index contributed by atoms with van der Waals surface area (Å²) in [5, 5.41) is 1.04. The molecule has 0 atom stereocenters. The standard InChI is InChI=1S/C17H17N3O/c1-11-6-8-13-4-3-5-15(16(13)19-11)21-17-14(10-18)9-7-12(2)20-17/h3-9H,10,18H2,1-2H3. The average molecular weight is 279 g/mol. The highest BCUT2D eigenvalue weighted by Crippen LogP contribution is 2.29. The fraction of sp³-hybridized carbons (Fsp3) is 0.176. The molecule has 0 aliphatic rings. The Morgan fingerprint density at radius 2 is 1.71 bits per heavy atom. The molecule has 3 rings (SSSR count). The van der Waals surface area contributed by atoms with Gasteiger partial charge in [-0.1, -0.05) is 24.3 Å². The number of hydrogen-bond acceptors (Lipinski definition) is 4. The lowest BCUT2D eigenvalue weighted by Crippen LogP contribution is -2.02. The third-order valence-electron chi connectivity index (χ3n) is 3.33. The number of aryl methyl sites for hydroxylation is 2. The van der Waals surface area contributed by atoms with Gasteiger partial charge >= 0.3 is 0 Å². The molecule has 0 saturated carbocycles. The van der Waals surface area contributed by atoms with Gasteiger partial charge in [0, 0.05) is 28.9 Å². The normalized spacial score (nSPS) is 10.8. The molecule has 2 heterocycles. The number of aromatic nitrogens is 2. The van der Waals surface area contributed by atoms with E-state index in [2.05, 4.69) is 9.97 Å². The third-order valence-corrected chi connectivity index (χ3v) is 3.33. The molecule has 0 bridgehead atoms. The second kappa shape index (κ2) is 5.50. The molecular weight excluding hydrogens is 262 g/mol. The van der Waals surface area contributed by atoms with Crippen molar-refractivity contribution in [2.75, 3.05) is 0 Å². The molecule has 0 spiro atoms. The van der Waals surface area contributed by atoms with Crippen LogP contribution in [0.15, 0.2) is 42.5 Å². The minimum Gasteiger partial charge on any atom is -0.436 e. The lowest BCUT2D eigenvalue weighted by atomic mass is 10.2. The molecule has 4 heteroatoms. The minimum absolute atomic E-state index is 0.389. The van der Waals surface area contributed by atoms with E-state index in [-0.39, 0.29) is 0 Å². The Hall–Kier alpha value is -2.46. The maximum Gasteiger partial charge on any atom is 0.224 e. The monoisotopic (exact) mass is 279 g/mol. The molecule has 1 aromatic carbocycles. The first-order valence-corrected chi connectivity index (χ1v) is 6.88. The highest BCUT2D eigenvalue weighted by Gasteiger charge is 2.09. The molecule has 2 aromatic heterocycles. The van der Waals surface area contributed by atoms with Crippen molar-refractivity contribution in [2.45, 2.75) is 20.4 Å². The van der Waals surface area contributed by atoms with Crippen LogP contribution in [0.25, 0.3) is 10.9 Å². The molecule has 2 N–H and O–H groups in total. The maximum atomic E-state index is 6.00. The van der Waals surface area contributed by atoms with Crippen LogP contribution in [-0.2, 0) is 6.54 Å². The predicted octanol–water partition coefficient (Wildman–Crippen LogP) is 3.50. The van der Waals surface area contributed by atoms with Gasteiger partial charge < -0.3 is 10.5 Å². The quantitative estimate of drug-likeness (QED) is 0.797. The summed E-state index contributed by atoms with van der Waals surface area (Å²) in [4.78, 5) is 9.00. The van der Waals surface area contributed by atoms with Gasteiger partial charge in [-0.15, -0.1) is 0 Å². The molecule has 106 valence electrons. The summed E-state index contributed by atoms with van der Waals surface area (Å²) in [6.45, 7) is 4.28. The summed E-state index contributed by atoms with van der Waals surface area (Å²) < 4.78 is 6.00. The van der Waals surface area contributed by atoms with Crippen LogP contribution in [0.2, 0.25) is 0 Å². The number of fused-ring (bicyclic) bond motifs is 1. The van der Waals surface area contributed by atoms with Crippen LogP contribution in [0.4, 0.5) is 0 Å². The van der Waals surface area contributed by atoms with Gasteiger partial charge in [0.25, 0.3) is 0 Å². The van der Waals surface area contributed by atoms with Gasteiger partial charge in [-0.3, -0.25) is 0 Å². The zero-order valence-electron chi connectivity index (χ0n) is 12.1. The van der Waals surface area contributed by atoms with E-state index in [9.17, 15) is 0 Å². The number of para-hydroxylation sites is 1. The zero-order valence-corrected chi connectivity index (χ0v) is 12.1. The van der Waals surface area contributed by atoms with Crippen molar-refractivity contribution < 1.29 is 4.74 Å². The van der Waals surface area contributed by atoms with E-state index in [1.54, 1.807) is 0 Å². The Kier molecular flexibility index (Phi) is 3.54. The number of benzene rings is 1. The van der Waals surface area contributed by atoms with Crippen LogP contribution in [0, 0.1) is 13.8 Å². The lowest BCUT2D eigenvalue weighted by molar-refractivity contribution is 0.459. The van der Waals surface area contributed by atoms with Gasteiger partial charge in [0.2, 0.25) is 5.88 Å². The highest BCUT2D eigenvalue weighted by molar-refractivity contribution is 5.84. The Balaban J connectivity index is 2.10. The van der Waals surface area contributed by atoms with Gasteiger partial charge in [0.15, 0.2) is 5.75 Å². The molecule has 0 amide bonds. The number of pyridine rings is 2. The summed E-state index contributed by atoms with van der Waals surface area (Å²) in [7, 11) is 0. The van der Waals surface area contributed by atoms with Crippen molar-refractivity contribution in [1.82, 2.24) is 9.97 Å². The molecular formula is C17H17N3O.